The van der Waals surface area contributed by atoms with Gasteiger partial charge < -0.3 is 5.73 Å². The molecule has 0 unspecified atom stereocenters. The molecule has 78 valence electrons. The van der Waals surface area contributed by atoms with Gasteiger partial charge in [0, 0.05) is 6.20 Å². The number of hydrogen-bond acceptors (Lipinski definition) is 4. The molecular formula is C8H17NO2S2. The number of hydrogen-bond donors (Lipinski definition) is 1. The van der Waals surface area contributed by atoms with Crippen LogP contribution in [-0.2, 0) is 9.84 Å². The maximum Gasteiger partial charge on any atom is 0.185 e. The maximum absolute atomic E-state index is 11.5. The predicted molar refractivity (Wildman–Crippen MR) is 59.1 cm³/mol. The molecule has 5 heteroatoms. The van der Waals surface area contributed by atoms with Crippen LogP contribution >= 0.6 is 11.8 Å². The third-order valence-corrected chi connectivity index (χ3v) is 5.04. The van der Waals surface area contributed by atoms with Crippen LogP contribution in [-0.4, -0.2) is 20.4 Å². The van der Waals surface area contributed by atoms with E-state index in [-0.39, 0.29) is 9.99 Å². The van der Waals surface area contributed by atoms with E-state index in [1.807, 2.05) is 6.92 Å². The number of nitrogens with two attached hydrogens (primary N) is 1. The SMILES string of the molecule is CCCCCS(=O)(=O)C(=CN)SC. The fourth-order valence-corrected chi connectivity index (χ4v) is 3.34. The molecule has 3 nitrogen and oxygen atoms in total. The van der Waals surface area contributed by atoms with Crippen LogP contribution in [0.2, 0.25) is 0 Å². The number of sulfone groups is 1. The molecule has 0 aromatic heterocycles. The average molecular weight is 223 g/mol. The van der Waals surface area contributed by atoms with Crippen molar-refractivity contribution in [3.05, 3.63) is 10.4 Å². The Hall–Kier alpha value is -0.160. The first-order valence-corrected chi connectivity index (χ1v) is 7.14. The molecule has 0 atom stereocenters. The van der Waals surface area contributed by atoms with Crippen molar-refractivity contribution in [2.24, 2.45) is 5.73 Å². The third-order valence-electron chi connectivity index (χ3n) is 1.66. The van der Waals surface area contributed by atoms with E-state index in [0.717, 1.165) is 19.3 Å². The van der Waals surface area contributed by atoms with Crippen LogP contribution in [0, 0.1) is 0 Å². The largest absolute Gasteiger partial charge is 0.403 e. The van der Waals surface area contributed by atoms with Crippen molar-refractivity contribution in [1.82, 2.24) is 0 Å². The molecule has 0 aromatic carbocycles. The van der Waals surface area contributed by atoms with Gasteiger partial charge in [0.25, 0.3) is 0 Å². The highest BCUT2D eigenvalue weighted by atomic mass is 32.3. The molecule has 13 heavy (non-hydrogen) atoms. The van der Waals surface area contributed by atoms with Gasteiger partial charge in [0.15, 0.2) is 9.84 Å². The van der Waals surface area contributed by atoms with Gasteiger partial charge in [-0.05, 0) is 12.7 Å². The molecule has 0 bridgehead atoms. The summed E-state index contributed by atoms with van der Waals surface area (Å²) in [7, 11) is -3.10. The normalized spacial score (nSPS) is 13.2. The molecule has 0 saturated carbocycles. The molecular weight excluding hydrogens is 206 g/mol. The van der Waals surface area contributed by atoms with Gasteiger partial charge in [0.05, 0.1) is 5.75 Å². The van der Waals surface area contributed by atoms with E-state index in [2.05, 4.69) is 0 Å². The van der Waals surface area contributed by atoms with Crippen LogP contribution < -0.4 is 5.73 Å². The van der Waals surface area contributed by atoms with Gasteiger partial charge >= 0.3 is 0 Å². The van der Waals surface area contributed by atoms with Crippen molar-refractivity contribution in [2.45, 2.75) is 26.2 Å². The zero-order valence-electron chi connectivity index (χ0n) is 8.12. The molecule has 0 aliphatic carbocycles. The summed E-state index contributed by atoms with van der Waals surface area (Å²) in [5.74, 6) is 0.213. The molecule has 0 aromatic rings. The van der Waals surface area contributed by atoms with E-state index >= 15 is 0 Å². The molecule has 0 spiro atoms. The van der Waals surface area contributed by atoms with Gasteiger partial charge in [-0.2, -0.15) is 0 Å². The van der Waals surface area contributed by atoms with Gasteiger partial charge in [-0.15, -0.1) is 11.8 Å². The van der Waals surface area contributed by atoms with Crippen molar-refractivity contribution in [1.29, 1.82) is 0 Å². The van der Waals surface area contributed by atoms with E-state index in [1.54, 1.807) is 6.26 Å². The first-order chi connectivity index (χ1) is 6.08. The van der Waals surface area contributed by atoms with E-state index in [0.29, 0.717) is 0 Å². The monoisotopic (exact) mass is 223 g/mol. The van der Waals surface area contributed by atoms with Crippen molar-refractivity contribution < 1.29 is 8.42 Å². The molecule has 0 aliphatic heterocycles. The summed E-state index contributed by atoms with van der Waals surface area (Å²) in [6.07, 6.45) is 5.58. The molecule has 0 fully saturated rings. The van der Waals surface area contributed by atoms with Gasteiger partial charge in [-0.1, -0.05) is 19.8 Å². The number of thioether (sulfide) groups is 1. The Bertz CT molecular complexity index is 257. The Morgan fingerprint density at radius 3 is 2.46 bits per heavy atom. The minimum atomic E-state index is -3.10. The van der Waals surface area contributed by atoms with Crippen molar-refractivity contribution in [3.63, 3.8) is 0 Å². The highest BCUT2D eigenvalue weighted by Gasteiger charge is 2.15. The topological polar surface area (TPSA) is 60.2 Å². The fourth-order valence-electron chi connectivity index (χ4n) is 0.941. The summed E-state index contributed by atoms with van der Waals surface area (Å²) in [4.78, 5) is 0. The van der Waals surface area contributed by atoms with Crippen LogP contribution in [0.3, 0.4) is 0 Å². The smallest absolute Gasteiger partial charge is 0.185 e. The lowest BCUT2D eigenvalue weighted by atomic mass is 10.3. The second kappa shape index (κ2) is 6.32. The highest BCUT2D eigenvalue weighted by Crippen LogP contribution is 2.19. The van der Waals surface area contributed by atoms with Crippen LogP contribution in [0.4, 0.5) is 0 Å². The molecule has 0 aliphatic rings. The lowest BCUT2D eigenvalue weighted by Crippen LogP contribution is -2.08. The fraction of sp³-hybridized carbons (Fsp3) is 0.750. The van der Waals surface area contributed by atoms with Crippen LogP contribution in [0.15, 0.2) is 10.4 Å². The molecule has 0 rings (SSSR count). The minimum Gasteiger partial charge on any atom is -0.403 e. The van der Waals surface area contributed by atoms with Crippen LogP contribution in [0.1, 0.15) is 26.2 Å². The summed E-state index contributed by atoms with van der Waals surface area (Å²) in [6.45, 7) is 2.04. The van der Waals surface area contributed by atoms with Crippen LogP contribution in [0.25, 0.3) is 0 Å². The molecule has 0 radical (unpaired) electrons. The molecule has 0 amide bonds. The molecule has 0 heterocycles. The van der Waals surface area contributed by atoms with Gasteiger partial charge in [0.2, 0.25) is 0 Å². The van der Waals surface area contributed by atoms with E-state index < -0.39 is 9.84 Å². The second-order valence-electron chi connectivity index (χ2n) is 2.72. The van der Waals surface area contributed by atoms with E-state index in [9.17, 15) is 8.42 Å². The average Bonchev–Trinajstić information content (AvgIpc) is 2.06. The summed E-state index contributed by atoms with van der Waals surface area (Å²) >= 11 is 1.18. The predicted octanol–water partition coefficient (Wildman–Crippen LogP) is 1.71. The van der Waals surface area contributed by atoms with Crippen molar-refractivity contribution in [3.8, 4) is 0 Å². The Morgan fingerprint density at radius 2 is 2.08 bits per heavy atom. The first-order valence-electron chi connectivity index (χ1n) is 4.27. The van der Waals surface area contributed by atoms with Gasteiger partial charge in [-0.25, -0.2) is 8.42 Å². The third kappa shape index (κ3) is 4.57. The second-order valence-corrected chi connectivity index (χ2v) is 5.90. The minimum absolute atomic E-state index is 0.213. The van der Waals surface area contributed by atoms with Crippen molar-refractivity contribution >= 4 is 21.6 Å². The Labute approximate surface area is 84.7 Å². The number of unbranched alkanes of at least 4 members (excludes halogenated alkanes) is 2. The van der Waals surface area contributed by atoms with Crippen LogP contribution in [0.5, 0.6) is 0 Å². The van der Waals surface area contributed by atoms with Gasteiger partial charge in [0.1, 0.15) is 4.24 Å². The Balaban J connectivity index is 4.23. The lowest BCUT2D eigenvalue weighted by molar-refractivity contribution is 0.599. The molecule has 0 saturated heterocycles. The summed E-state index contributed by atoms with van der Waals surface area (Å²) in [5, 5.41) is 0. The highest BCUT2D eigenvalue weighted by molar-refractivity contribution is 8.18. The quantitative estimate of drug-likeness (QED) is 0.696. The zero-order chi connectivity index (χ0) is 10.3. The Kier molecular flexibility index (Phi) is 6.24. The van der Waals surface area contributed by atoms with E-state index in [4.69, 9.17) is 5.73 Å². The molecule has 2 N–H and O–H groups in total. The zero-order valence-corrected chi connectivity index (χ0v) is 9.75. The van der Waals surface area contributed by atoms with Crippen molar-refractivity contribution in [2.75, 3.05) is 12.0 Å². The maximum atomic E-state index is 11.5. The number of rotatable bonds is 6. The summed E-state index contributed by atoms with van der Waals surface area (Å²) in [6, 6.07) is 0. The Morgan fingerprint density at radius 1 is 1.46 bits per heavy atom. The summed E-state index contributed by atoms with van der Waals surface area (Å²) < 4.78 is 23.3. The standard InChI is InChI=1S/C8H17NO2S2/c1-3-4-5-6-13(10,11)8(7-9)12-2/h7H,3-6,9H2,1-2H3. The lowest BCUT2D eigenvalue weighted by Gasteiger charge is -2.04. The van der Waals surface area contributed by atoms with Gasteiger partial charge in [-0.3, -0.25) is 0 Å². The van der Waals surface area contributed by atoms with E-state index in [1.165, 1.54) is 18.0 Å². The summed E-state index contributed by atoms with van der Waals surface area (Å²) in [5.41, 5.74) is 5.21. The first kappa shape index (κ1) is 12.8.